The van der Waals surface area contributed by atoms with Crippen molar-refractivity contribution in [1.29, 1.82) is 0 Å². The molecule has 0 bridgehead atoms. The van der Waals surface area contributed by atoms with Crippen molar-refractivity contribution in [3.8, 4) is 11.4 Å². The summed E-state index contributed by atoms with van der Waals surface area (Å²) in [5.74, 6) is 0.506. The average molecular weight is 281 g/mol. The van der Waals surface area contributed by atoms with Crippen LogP contribution in [-0.4, -0.2) is 38.3 Å². The summed E-state index contributed by atoms with van der Waals surface area (Å²) >= 11 is 5.05. The zero-order valence-electron chi connectivity index (χ0n) is 11.0. The maximum atomic E-state index is 12.3. The summed E-state index contributed by atoms with van der Waals surface area (Å²) in [4.78, 5) is 12.3. The van der Waals surface area contributed by atoms with Gasteiger partial charge in [-0.2, -0.15) is 10.2 Å². The van der Waals surface area contributed by atoms with Gasteiger partial charge < -0.3 is 9.30 Å². The fourth-order valence-corrected chi connectivity index (χ4v) is 1.88. The second kappa shape index (κ2) is 5.45. The Morgan fingerprint density at radius 2 is 2.26 bits per heavy atom. The third kappa shape index (κ3) is 2.64. The van der Waals surface area contributed by atoms with Crippen LogP contribution in [0.1, 0.15) is 5.69 Å². The first kappa shape index (κ1) is 13.6. The highest BCUT2D eigenvalue weighted by molar-refractivity contribution is 7.71. The van der Waals surface area contributed by atoms with Gasteiger partial charge in [-0.25, -0.2) is 4.68 Å². The van der Waals surface area contributed by atoms with Crippen LogP contribution >= 0.6 is 12.2 Å². The summed E-state index contributed by atoms with van der Waals surface area (Å²) in [5, 5.41) is 10.9. The summed E-state index contributed by atoms with van der Waals surface area (Å²) in [6.45, 7) is 2.65. The lowest BCUT2D eigenvalue weighted by atomic mass is 10.2. The minimum absolute atomic E-state index is 0.209. The molecule has 2 aromatic rings. The van der Waals surface area contributed by atoms with Crippen LogP contribution in [0.2, 0.25) is 0 Å². The quantitative estimate of drug-likeness (QED) is 0.833. The van der Waals surface area contributed by atoms with Crippen LogP contribution in [0.15, 0.2) is 10.9 Å². The summed E-state index contributed by atoms with van der Waals surface area (Å²) in [7, 11) is 3.34. The van der Waals surface area contributed by atoms with E-state index in [1.807, 2.05) is 6.92 Å². The normalized spacial score (nSPS) is 10.9. The number of hydrogen-bond donors (Lipinski definition) is 1. The van der Waals surface area contributed by atoms with Crippen molar-refractivity contribution in [3.63, 3.8) is 0 Å². The van der Waals surface area contributed by atoms with E-state index >= 15 is 0 Å². The van der Waals surface area contributed by atoms with Crippen molar-refractivity contribution < 1.29 is 4.74 Å². The molecule has 102 valence electrons. The van der Waals surface area contributed by atoms with Gasteiger partial charge in [0.2, 0.25) is 0 Å². The van der Waals surface area contributed by atoms with Crippen molar-refractivity contribution in [3.05, 3.63) is 26.9 Å². The molecule has 7 nitrogen and oxygen atoms in total. The van der Waals surface area contributed by atoms with E-state index in [0.717, 1.165) is 5.69 Å². The molecular weight excluding hydrogens is 266 g/mol. The maximum Gasteiger partial charge on any atom is 0.277 e. The lowest BCUT2D eigenvalue weighted by Gasteiger charge is -2.07. The van der Waals surface area contributed by atoms with Crippen LogP contribution in [0.3, 0.4) is 0 Å². The Bertz CT molecular complexity index is 700. The molecule has 1 N–H and O–H groups in total. The Morgan fingerprint density at radius 1 is 1.53 bits per heavy atom. The molecule has 0 radical (unpaired) electrons. The molecular formula is C11H15N5O2S. The number of aryl methyl sites for hydroxylation is 1. The summed E-state index contributed by atoms with van der Waals surface area (Å²) in [6.07, 6.45) is 0. The molecule has 8 heteroatoms. The van der Waals surface area contributed by atoms with Gasteiger partial charge in [0, 0.05) is 14.2 Å². The van der Waals surface area contributed by atoms with Crippen LogP contribution in [0, 0.1) is 11.7 Å². The first-order chi connectivity index (χ1) is 9.04. The Labute approximate surface area is 114 Å². The van der Waals surface area contributed by atoms with Crippen molar-refractivity contribution in [2.24, 2.45) is 7.05 Å². The molecule has 0 spiro atoms. The zero-order valence-corrected chi connectivity index (χ0v) is 11.8. The molecule has 0 amide bonds. The second-order valence-corrected chi connectivity index (χ2v) is 4.52. The van der Waals surface area contributed by atoms with Crippen LogP contribution in [0.25, 0.3) is 11.4 Å². The molecule has 0 fully saturated rings. The number of ether oxygens (including phenoxy) is 1. The average Bonchev–Trinajstić information content (AvgIpc) is 2.71. The van der Waals surface area contributed by atoms with E-state index < -0.39 is 0 Å². The van der Waals surface area contributed by atoms with Gasteiger partial charge in [0.1, 0.15) is 0 Å². The molecule has 0 saturated carbocycles. The number of aromatic nitrogens is 5. The minimum Gasteiger partial charge on any atom is -0.383 e. The predicted octanol–water partition coefficient (Wildman–Crippen LogP) is 0.656. The van der Waals surface area contributed by atoms with Crippen molar-refractivity contribution in [1.82, 2.24) is 24.5 Å². The lowest BCUT2D eigenvalue weighted by molar-refractivity contribution is 0.181. The molecule has 0 aliphatic rings. The molecule has 2 heterocycles. The molecule has 0 atom stereocenters. The van der Waals surface area contributed by atoms with Gasteiger partial charge in [-0.15, -0.1) is 0 Å². The largest absolute Gasteiger partial charge is 0.383 e. The van der Waals surface area contributed by atoms with Crippen LogP contribution in [0.4, 0.5) is 0 Å². The summed E-state index contributed by atoms with van der Waals surface area (Å²) in [5.41, 5.74) is 0.998. The fourth-order valence-electron chi connectivity index (χ4n) is 1.75. The van der Waals surface area contributed by atoms with Gasteiger partial charge in [0.05, 0.1) is 24.4 Å². The van der Waals surface area contributed by atoms with Crippen molar-refractivity contribution in [2.75, 3.05) is 13.7 Å². The first-order valence-electron chi connectivity index (χ1n) is 5.74. The molecule has 0 aliphatic carbocycles. The van der Waals surface area contributed by atoms with Gasteiger partial charge in [-0.3, -0.25) is 9.89 Å². The third-order valence-electron chi connectivity index (χ3n) is 2.72. The molecule has 2 rings (SSSR count). The lowest BCUT2D eigenvalue weighted by Crippen LogP contribution is -2.27. The number of aromatic amines is 1. The summed E-state index contributed by atoms with van der Waals surface area (Å²) in [6, 6.07) is 1.70. The number of methoxy groups -OCH3 is 1. The van der Waals surface area contributed by atoms with E-state index in [2.05, 4.69) is 15.3 Å². The Hall–Kier alpha value is -1.80. The van der Waals surface area contributed by atoms with E-state index in [0.29, 0.717) is 29.3 Å². The molecule has 0 unspecified atom stereocenters. The maximum absolute atomic E-state index is 12.3. The van der Waals surface area contributed by atoms with Gasteiger partial charge in [0.25, 0.3) is 5.56 Å². The smallest absolute Gasteiger partial charge is 0.277 e. The minimum atomic E-state index is -0.209. The highest BCUT2D eigenvalue weighted by atomic mass is 32.1. The molecule has 0 aromatic carbocycles. The fraction of sp³-hybridized carbons (Fsp3) is 0.455. The second-order valence-electron chi connectivity index (χ2n) is 4.13. The van der Waals surface area contributed by atoms with Gasteiger partial charge in [0.15, 0.2) is 10.6 Å². The number of rotatable bonds is 4. The van der Waals surface area contributed by atoms with E-state index in [1.165, 1.54) is 4.68 Å². The zero-order chi connectivity index (χ0) is 14.0. The van der Waals surface area contributed by atoms with Crippen LogP contribution in [0.5, 0.6) is 0 Å². The van der Waals surface area contributed by atoms with Crippen molar-refractivity contribution >= 4 is 12.2 Å². The van der Waals surface area contributed by atoms with E-state index in [1.54, 1.807) is 24.8 Å². The first-order valence-corrected chi connectivity index (χ1v) is 6.15. The Kier molecular flexibility index (Phi) is 3.91. The van der Waals surface area contributed by atoms with E-state index in [-0.39, 0.29) is 5.56 Å². The Morgan fingerprint density at radius 3 is 2.84 bits per heavy atom. The molecule has 0 saturated heterocycles. The number of nitrogens with zero attached hydrogens (tertiary/aromatic N) is 4. The third-order valence-corrected chi connectivity index (χ3v) is 3.09. The standard InChI is InChI=1S/C11H15N5O2S/c1-7-6-8(9-12-13-11(19)15(9)2)10(17)16(14-7)4-5-18-3/h6H,4-5H2,1-3H3,(H,13,19). The van der Waals surface area contributed by atoms with Crippen LogP contribution < -0.4 is 5.56 Å². The van der Waals surface area contributed by atoms with Gasteiger partial charge in [-0.05, 0) is 25.2 Å². The monoisotopic (exact) mass is 281 g/mol. The predicted molar refractivity (Wildman–Crippen MR) is 72.5 cm³/mol. The highest BCUT2D eigenvalue weighted by Gasteiger charge is 2.13. The summed E-state index contributed by atoms with van der Waals surface area (Å²) < 4.78 is 8.48. The van der Waals surface area contributed by atoms with E-state index in [4.69, 9.17) is 17.0 Å². The number of H-pyrrole nitrogens is 1. The number of nitrogens with one attached hydrogen (secondary N) is 1. The SMILES string of the molecule is COCCn1nc(C)cc(-c2n[nH]c(=S)n2C)c1=O. The molecule has 19 heavy (non-hydrogen) atoms. The Balaban J connectivity index is 2.58. The van der Waals surface area contributed by atoms with Gasteiger partial charge in [-0.1, -0.05) is 0 Å². The van der Waals surface area contributed by atoms with E-state index in [9.17, 15) is 4.79 Å². The topological polar surface area (TPSA) is 77.7 Å². The molecule has 0 aliphatic heterocycles. The highest BCUT2D eigenvalue weighted by Crippen LogP contribution is 2.12. The van der Waals surface area contributed by atoms with Crippen LogP contribution in [-0.2, 0) is 18.3 Å². The van der Waals surface area contributed by atoms with Crippen molar-refractivity contribution in [2.45, 2.75) is 13.5 Å². The number of hydrogen-bond acceptors (Lipinski definition) is 5. The molecule has 2 aromatic heterocycles. The van der Waals surface area contributed by atoms with Gasteiger partial charge >= 0.3 is 0 Å².